The zero-order valence-electron chi connectivity index (χ0n) is 19.3. The molecule has 5 nitrogen and oxygen atoms in total. The van der Waals surface area contributed by atoms with Crippen molar-refractivity contribution in [1.29, 1.82) is 0 Å². The summed E-state index contributed by atoms with van der Waals surface area (Å²) in [6, 6.07) is 14.9. The average molecular weight is 512 g/mol. The van der Waals surface area contributed by atoms with Crippen molar-refractivity contribution in [2.45, 2.75) is 24.8 Å². The van der Waals surface area contributed by atoms with Crippen LogP contribution in [0.2, 0.25) is 0 Å². The average Bonchev–Trinajstić information content (AvgIpc) is 3.34. The molecule has 4 aromatic rings. The van der Waals surface area contributed by atoms with E-state index in [9.17, 15) is 17.8 Å². The second-order valence-electron chi connectivity index (χ2n) is 8.09. The van der Waals surface area contributed by atoms with Crippen LogP contribution in [0.3, 0.4) is 0 Å². The van der Waals surface area contributed by atoms with Crippen LogP contribution in [-0.4, -0.2) is 27.6 Å². The number of nitrogens with one attached hydrogen (secondary N) is 1. The van der Waals surface area contributed by atoms with Gasteiger partial charge in [-0.1, -0.05) is 12.1 Å². The number of amides is 1. The quantitative estimate of drug-likeness (QED) is 0.281. The first-order valence-corrected chi connectivity index (χ1v) is 12.7. The van der Waals surface area contributed by atoms with Crippen LogP contribution in [0.1, 0.15) is 24.1 Å². The van der Waals surface area contributed by atoms with E-state index in [1.807, 2.05) is 26.0 Å². The molecule has 0 spiro atoms. The molecule has 180 valence electrons. The van der Waals surface area contributed by atoms with Gasteiger partial charge in [0, 0.05) is 34.6 Å². The fourth-order valence-electron chi connectivity index (χ4n) is 3.62. The van der Waals surface area contributed by atoms with Crippen molar-refractivity contribution in [2.75, 3.05) is 11.8 Å². The molecule has 2 atom stereocenters. The zero-order chi connectivity index (χ0) is 25.1. The summed E-state index contributed by atoms with van der Waals surface area (Å²) in [6.45, 7) is 4.02. The van der Waals surface area contributed by atoms with E-state index in [0.717, 1.165) is 50.6 Å². The van der Waals surface area contributed by atoms with Crippen molar-refractivity contribution in [1.82, 2.24) is 9.88 Å². The molecule has 0 fully saturated rings. The molecule has 1 N–H and O–H groups in total. The Morgan fingerprint density at radius 2 is 1.77 bits per heavy atom. The smallest absolute Gasteiger partial charge is 0.209 e. The van der Waals surface area contributed by atoms with Crippen LogP contribution in [0.15, 0.2) is 71.9 Å². The summed E-state index contributed by atoms with van der Waals surface area (Å²) in [5.74, 6) is -1.61. The molecule has 0 saturated carbocycles. The van der Waals surface area contributed by atoms with Gasteiger partial charge < -0.3 is 4.90 Å². The SMILES string of the molecule is Cc1ccc(-c2ccc(-c3cncc(NS(=O)c4ccc(F)cc4F)c3)s2)cc1C(C)N(C)C=O. The summed E-state index contributed by atoms with van der Waals surface area (Å²) >= 11 is 1.58. The molecule has 1 amide bonds. The number of anilines is 1. The number of hydrogen-bond donors (Lipinski definition) is 1. The minimum atomic E-state index is -1.91. The van der Waals surface area contributed by atoms with Gasteiger partial charge in [-0.2, -0.15) is 0 Å². The largest absolute Gasteiger partial charge is 0.342 e. The Bertz CT molecular complexity index is 1410. The van der Waals surface area contributed by atoms with E-state index in [1.165, 1.54) is 6.20 Å². The first-order chi connectivity index (χ1) is 16.8. The molecule has 9 heteroatoms. The number of pyridine rings is 1. The number of carbonyl (C=O) groups is 1. The lowest BCUT2D eigenvalue weighted by Gasteiger charge is -2.23. The zero-order valence-corrected chi connectivity index (χ0v) is 20.9. The molecule has 0 bridgehead atoms. The van der Waals surface area contributed by atoms with E-state index in [2.05, 4.69) is 27.9 Å². The number of hydrogen-bond acceptors (Lipinski definition) is 4. The number of rotatable bonds is 8. The molecular formula is C26H23F2N3O2S2. The molecule has 0 aliphatic heterocycles. The summed E-state index contributed by atoms with van der Waals surface area (Å²) in [4.78, 5) is 18.9. The summed E-state index contributed by atoms with van der Waals surface area (Å²) < 4.78 is 42.4. The van der Waals surface area contributed by atoms with Gasteiger partial charge in [-0.15, -0.1) is 11.3 Å². The van der Waals surface area contributed by atoms with Gasteiger partial charge in [-0.3, -0.25) is 14.5 Å². The predicted molar refractivity (Wildman–Crippen MR) is 136 cm³/mol. The highest BCUT2D eigenvalue weighted by Crippen LogP contribution is 2.37. The van der Waals surface area contributed by atoms with E-state index in [-0.39, 0.29) is 10.9 Å². The third kappa shape index (κ3) is 5.47. The molecule has 35 heavy (non-hydrogen) atoms. The molecule has 2 aromatic carbocycles. The number of halogens is 2. The third-order valence-electron chi connectivity index (χ3n) is 5.72. The molecule has 2 heterocycles. The molecule has 0 radical (unpaired) electrons. The maximum absolute atomic E-state index is 14.0. The van der Waals surface area contributed by atoms with Gasteiger partial charge in [-0.05, 0) is 66.9 Å². The Morgan fingerprint density at radius 3 is 2.49 bits per heavy atom. The van der Waals surface area contributed by atoms with Crippen LogP contribution in [0.5, 0.6) is 0 Å². The van der Waals surface area contributed by atoms with Crippen LogP contribution in [0.4, 0.5) is 14.5 Å². The summed E-state index contributed by atoms with van der Waals surface area (Å²) in [7, 11) is -0.152. The minimum absolute atomic E-state index is 0.0503. The fourth-order valence-corrected chi connectivity index (χ4v) is 5.47. The normalized spacial score (nSPS) is 12.7. The number of carbonyl (C=O) groups excluding carboxylic acids is 1. The Balaban J connectivity index is 1.57. The van der Waals surface area contributed by atoms with E-state index >= 15 is 0 Å². The summed E-state index contributed by atoms with van der Waals surface area (Å²) in [5, 5.41) is 0. The summed E-state index contributed by atoms with van der Waals surface area (Å²) in [5.41, 5.74) is 4.49. The predicted octanol–water partition coefficient (Wildman–Crippen LogP) is 6.35. The molecule has 4 rings (SSSR count). The van der Waals surface area contributed by atoms with Crippen molar-refractivity contribution >= 4 is 34.4 Å². The Labute approximate surface area is 209 Å². The van der Waals surface area contributed by atoms with Crippen LogP contribution in [-0.2, 0) is 15.8 Å². The highest BCUT2D eigenvalue weighted by atomic mass is 32.2. The molecular weight excluding hydrogens is 488 g/mol. The van der Waals surface area contributed by atoms with Gasteiger partial charge >= 0.3 is 0 Å². The van der Waals surface area contributed by atoms with Crippen LogP contribution < -0.4 is 4.72 Å². The highest BCUT2D eigenvalue weighted by molar-refractivity contribution is 7.86. The van der Waals surface area contributed by atoms with Crippen molar-refractivity contribution in [3.05, 3.63) is 89.8 Å². The fraction of sp³-hybridized carbons (Fsp3) is 0.154. The number of benzene rings is 2. The van der Waals surface area contributed by atoms with E-state index in [4.69, 9.17) is 0 Å². The lowest BCUT2D eigenvalue weighted by atomic mass is 9.98. The second-order valence-corrected chi connectivity index (χ2v) is 10.4. The van der Waals surface area contributed by atoms with Gasteiger partial charge in [-0.25, -0.2) is 13.0 Å². The molecule has 2 aromatic heterocycles. The van der Waals surface area contributed by atoms with Gasteiger partial charge in [0.05, 0.1) is 22.8 Å². The second kappa shape index (κ2) is 10.5. The molecule has 0 saturated heterocycles. The Hall–Kier alpha value is -3.43. The van der Waals surface area contributed by atoms with Crippen molar-refractivity contribution in [3.63, 3.8) is 0 Å². The van der Waals surface area contributed by atoms with Gasteiger partial charge in [0.1, 0.15) is 11.6 Å². The van der Waals surface area contributed by atoms with Crippen LogP contribution in [0, 0.1) is 18.6 Å². The number of thiophene rings is 1. The number of nitrogens with zero attached hydrogens (tertiary/aromatic N) is 2. The maximum atomic E-state index is 14.0. The Morgan fingerprint density at radius 1 is 1.03 bits per heavy atom. The Kier molecular flexibility index (Phi) is 7.37. The van der Waals surface area contributed by atoms with Crippen molar-refractivity contribution in [3.8, 4) is 20.9 Å². The topological polar surface area (TPSA) is 62.3 Å². The van der Waals surface area contributed by atoms with Gasteiger partial charge in [0.15, 0.2) is 11.0 Å². The van der Waals surface area contributed by atoms with E-state index in [1.54, 1.807) is 35.5 Å². The van der Waals surface area contributed by atoms with Gasteiger partial charge in [0.25, 0.3) is 0 Å². The van der Waals surface area contributed by atoms with Crippen LogP contribution in [0.25, 0.3) is 20.9 Å². The van der Waals surface area contributed by atoms with Crippen LogP contribution >= 0.6 is 11.3 Å². The molecule has 0 aliphatic rings. The molecule has 2 unspecified atom stereocenters. The van der Waals surface area contributed by atoms with Crippen molar-refractivity contribution < 1.29 is 17.8 Å². The molecule has 0 aliphatic carbocycles. The number of aryl methyl sites for hydroxylation is 1. The van der Waals surface area contributed by atoms with Crippen molar-refractivity contribution in [2.24, 2.45) is 0 Å². The van der Waals surface area contributed by atoms with E-state index < -0.39 is 22.6 Å². The first kappa shape index (κ1) is 24.7. The standard InChI is InChI=1S/C26H23F2N3O2S2/c1-16-4-5-18(11-22(16)17(2)31(3)15-32)24-7-8-25(34-24)19-10-21(14-29-13-19)30-35(33)26-9-6-20(27)12-23(26)28/h4-15,17,30H,1-3H3. The number of aromatic nitrogens is 1. The maximum Gasteiger partial charge on any atom is 0.209 e. The summed E-state index contributed by atoms with van der Waals surface area (Å²) in [6.07, 6.45) is 4.02. The van der Waals surface area contributed by atoms with Gasteiger partial charge in [0.2, 0.25) is 6.41 Å². The first-order valence-electron chi connectivity index (χ1n) is 10.7. The lowest BCUT2D eigenvalue weighted by molar-refractivity contribution is -0.118. The minimum Gasteiger partial charge on any atom is -0.342 e. The third-order valence-corrected chi connectivity index (χ3v) is 8.06. The monoisotopic (exact) mass is 511 g/mol. The van der Waals surface area contributed by atoms with E-state index in [0.29, 0.717) is 11.8 Å². The highest BCUT2D eigenvalue weighted by Gasteiger charge is 2.15. The lowest BCUT2D eigenvalue weighted by Crippen LogP contribution is -2.21.